The Kier molecular flexibility index (Phi) is 6.04. The van der Waals surface area contributed by atoms with Crippen LogP contribution in [-0.4, -0.2) is 6.71 Å². The molecule has 0 radical (unpaired) electrons. The van der Waals surface area contributed by atoms with Crippen molar-refractivity contribution in [1.82, 2.24) is 0 Å². The van der Waals surface area contributed by atoms with Gasteiger partial charge in [0.25, 0.3) is 0 Å². The normalized spacial score (nSPS) is 8.31. The minimum absolute atomic E-state index is 0.587. The molecule has 0 heterocycles. The van der Waals surface area contributed by atoms with E-state index in [2.05, 4.69) is 38.4 Å². The third-order valence-corrected chi connectivity index (χ3v) is 1.84. The van der Waals surface area contributed by atoms with E-state index < -0.39 is 0 Å². The van der Waals surface area contributed by atoms with Gasteiger partial charge < -0.3 is 0 Å². The monoisotopic (exact) mass is 174 g/mol. The molecule has 13 heavy (non-hydrogen) atoms. The fourth-order valence-electron chi connectivity index (χ4n) is 1.22. The predicted molar refractivity (Wildman–Crippen MR) is 65.0 cm³/mol. The molecule has 0 aromatic heterocycles. The first-order valence-corrected chi connectivity index (χ1v) is 4.97. The maximum absolute atomic E-state index is 3.77. The van der Waals surface area contributed by atoms with Gasteiger partial charge in [0.2, 0.25) is 0 Å². The van der Waals surface area contributed by atoms with Crippen LogP contribution >= 0.6 is 0 Å². The summed E-state index contributed by atoms with van der Waals surface area (Å²) < 4.78 is 0. The molecular weight excluding hydrogens is 155 g/mol. The van der Waals surface area contributed by atoms with Crippen molar-refractivity contribution in [1.29, 1.82) is 0 Å². The maximum Gasteiger partial charge on any atom is 0.170 e. The van der Waals surface area contributed by atoms with E-state index in [1.165, 1.54) is 11.0 Å². The van der Waals surface area contributed by atoms with Crippen molar-refractivity contribution in [3.63, 3.8) is 0 Å². The molecule has 0 saturated heterocycles. The van der Waals surface area contributed by atoms with Gasteiger partial charge in [-0.2, -0.15) is 0 Å². The Hall–Kier alpha value is -0.975. The molecule has 1 rings (SSSR count). The molecule has 0 spiro atoms. The lowest BCUT2D eigenvalue weighted by molar-refractivity contribution is 1.50. The van der Waals surface area contributed by atoms with E-state index in [1.54, 1.807) is 0 Å². The second-order valence-electron chi connectivity index (χ2n) is 2.99. The summed E-state index contributed by atoms with van der Waals surface area (Å²) in [5, 5.41) is 0. The van der Waals surface area contributed by atoms with Crippen LogP contribution in [0.1, 0.15) is 19.4 Å². The van der Waals surface area contributed by atoms with Crippen molar-refractivity contribution in [2.45, 2.75) is 27.5 Å². The van der Waals surface area contributed by atoms with Crippen LogP contribution in [0.5, 0.6) is 0 Å². The van der Waals surface area contributed by atoms with E-state index >= 15 is 0 Å². The Morgan fingerprint density at radius 3 is 2.08 bits per heavy atom. The highest BCUT2D eigenvalue weighted by Crippen LogP contribution is 1.99. The molecule has 0 bridgehead atoms. The smallest absolute Gasteiger partial charge is 0.0985 e. The number of hydrogen-bond acceptors (Lipinski definition) is 0. The molecule has 70 valence electrons. The first kappa shape index (κ1) is 12.0. The van der Waals surface area contributed by atoms with Crippen LogP contribution < -0.4 is 5.46 Å². The molecule has 0 atom stereocenters. The lowest BCUT2D eigenvalue weighted by Crippen LogP contribution is -2.24. The zero-order valence-electron chi connectivity index (χ0n) is 9.17. The maximum atomic E-state index is 3.77. The van der Waals surface area contributed by atoms with Crippen LogP contribution in [0.25, 0.3) is 6.08 Å². The zero-order chi connectivity index (χ0) is 10.3. The summed E-state index contributed by atoms with van der Waals surface area (Å²) in [5.74, 6) is 0. The summed E-state index contributed by atoms with van der Waals surface area (Å²) >= 11 is 0. The lowest BCUT2D eigenvalue weighted by atomic mass is 9.48. The van der Waals surface area contributed by atoms with Crippen molar-refractivity contribution in [3.05, 3.63) is 36.4 Å². The second-order valence-corrected chi connectivity index (χ2v) is 2.99. The van der Waals surface area contributed by atoms with Gasteiger partial charge in [-0.05, 0) is 5.56 Å². The Morgan fingerprint density at radius 2 is 1.69 bits per heavy atom. The number of rotatable bonds is 2. The second kappa shape index (κ2) is 6.53. The Bertz CT molecular complexity index is 251. The lowest BCUT2D eigenvalue weighted by Gasteiger charge is -2.05. The van der Waals surface area contributed by atoms with Gasteiger partial charge in [-0.15, -0.1) is 0 Å². The number of benzene rings is 1. The van der Waals surface area contributed by atoms with E-state index in [0.717, 1.165) is 0 Å². The van der Waals surface area contributed by atoms with E-state index in [1.807, 2.05) is 26.0 Å². The standard InChI is InChI=1S/C10H13B.C2H6/c1-4-9-7-5-6-8-10(9)11(2)3;1-2/h4-8H,1H2,2-3H3;1-2H3. The highest BCUT2D eigenvalue weighted by molar-refractivity contribution is 6.71. The predicted octanol–water partition coefficient (Wildman–Crippen LogP) is 3.32. The average Bonchev–Trinajstić information content (AvgIpc) is 2.20. The van der Waals surface area contributed by atoms with Gasteiger partial charge in [-0.3, -0.25) is 0 Å². The van der Waals surface area contributed by atoms with Crippen LogP contribution in [0.3, 0.4) is 0 Å². The molecular formula is C12H19B. The molecule has 0 aliphatic rings. The minimum Gasteiger partial charge on any atom is -0.0985 e. The van der Waals surface area contributed by atoms with Gasteiger partial charge >= 0.3 is 0 Å². The third-order valence-electron chi connectivity index (χ3n) is 1.84. The van der Waals surface area contributed by atoms with Gasteiger partial charge in [0.1, 0.15) is 0 Å². The van der Waals surface area contributed by atoms with E-state index in [0.29, 0.717) is 6.71 Å². The van der Waals surface area contributed by atoms with E-state index in [-0.39, 0.29) is 0 Å². The van der Waals surface area contributed by atoms with Crippen molar-refractivity contribution in [2.24, 2.45) is 0 Å². The summed E-state index contributed by atoms with van der Waals surface area (Å²) in [5.41, 5.74) is 2.63. The summed E-state index contributed by atoms with van der Waals surface area (Å²) in [6, 6.07) is 8.37. The van der Waals surface area contributed by atoms with Crippen LogP contribution in [0.2, 0.25) is 13.6 Å². The summed E-state index contributed by atoms with van der Waals surface area (Å²) in [7, 11) is 0. The summed E-state index contributed by atoms with van der Waals surface area (Å²) in [6.45, 7) is 12.8. The molecule has 1 aromatic carbocycles. The Morgan fingerprint density at radius 1 is 1.15 bits per heavy atom. The van der Waals surface area contributed by atoms with Gasteiger partial charge in [-0.25, -0.2) is 0 Å². The topological polar surface area (TPSA) is 0 Å². The van der Waals surface area contributed by atoms with Crippen molar-refractivity contribution in [2.75, 3.05) is 0 Å². The first-order chi connectivity index (χ1) is 6.25. The van der Waals surface area contributed by atoms with Crippen molar-refractivity contribution < 1.29 is 0 Å². The van der Waals surface area contributed by atoms with Crippen LogP contribution in [0, 0.1) is 0 Å². The van der Waals surface area contributed by atoms with Crippen LogP contribution in [0.15, 0.2) is 30.8 Å². The van der Waals surface area contributed by atoms with Crippen molar-refractivity contribution in [3.8, 4) is 0 Å². The molecule has 0 aliphatic carbocycles. The van der Waals surface area contributed by atoms with E-state index in [9.17, 15) is 0 Å². The number of hydrogen-bond donors (Lipinski definition) is 0. The SMILES string of the molecule is C=Cc1ccccc1B(C)C.CC. The quantitative estimate of drug-likeness (QED) is 0.603. The molecule has 1 heteroatoms. The fourth-order valence-corrected chi connectivity index (χ4v) is 1.22. The molecule has 0 amide bonds. The molecule has 0 nitrogen and oxygen atoms in total. The molecule has 0 fully saturated rings. The molecule has 0 N–H and O–H groups in total. The largest absolute Gasteiger partial charge is 0.170 e. The molecule has 0 aliphatic heterocycles. The molecule has 1 aromatic rings. The highest BCUT2D eigenvalue weighted by Gasteiger charge is 2.04. The highest BCUT2D eigenvalue weighted by atomic mass is 13.9. The summed E-state index contributed by atoms with van der Waals surface area (Å²) in [4.78, 5) is 0. The van der Waals surface area contributed by atoms with Gasteiger partial charge in [-0.1, -0.05) is 69.9 Å². The van der Waals surface area contributed by atoms with E-state index in [4.69, 9.17) is 0 Å². The fraction of sp³-hybridized carbons (Fsp3) is 0.333. The summed E-state index contributed by atoms with van der Waals surface area (Å²) in [6.07, 6.45) is 1.91. The van der Waals surface area contributed by atoms with Crippen molar-refractivity contribution >= 4 is 18.3 Å². The third kappa shape index (κ3) is 3.50. The molecule has 0 saturated carbocycles. The molecule has 0 unspecified atom stereocenters. The minimum atomic E-state index is 0.587. The Balaban J connectivity index is 0.000000671. The van der Waals surface area contributed by atoms with Gasteiger partial charge in [0, 0.05) is 0 Å². The zero-order valence-corrected chi connectivity index (χ0v) is 9.17. The average molecular weight is 174 g/mol. The Labute approximate surface area is 82.8 Å². The van der Waals surface area contributed by atoms with Gasteiger partial charge in [0.15, 0.2) is 6.71 Å². The first-order valence-electron chi connectivity index (χ1n) is 4.97. The van der Waals surface area contributed by atoms with Crippen LogP contribution in [0.4, 0.5) is 0 Å². The van der Waals surface area contributed by atoms with Crippen LogP contribution in [-0.2, 0) is 0 Å². The van der Waals surface area contributed by atoms with Gasteiger partial charge in [0.05, 0.1) is 0 Å².